The number of benzene rings is 2. The summed E-state index contributed by atoms with van der Waals surface area (Å²) in [6, 6.07) is 8.77. The Morgan fingerprint density at radius 2 is 0.811 bits per heavy atom. The third-order valence-corrected chi connectivity index (χ3v) is 14.9. The molecule has 53 heavy (non-hydrogen) atoms. The van der Waals surface area contributed by atoms with Gasteiger partial charge in [-0.3, -0.25) is 0 Å². The summed E-state index contributed by atoms with van der Waals surface area (Å²) in [7, 11) is 0. The van der Waals surface area contributed by atoms with Gasteiger partial charge in [0.05, 0.1) is 12.2 Å². The molecule has 1 nitrogen and oxygen atoms in total. The summed E-state index contributed by atoms with van der Waals surface area (Å²) in [6.45, 7) is 4.55. The first kappa shape index (κ1) is 40.8. The van der Waals surface area contributed by atoms with Gasteiger partial charge in [0.1, 0.15) is 0 Å². The van der Waals surface area contributed by atoms with E-state index < -0.39 is 35.5 Å². The van der Waals surface area contributed by atoms with E-state index in [-0.39, 0.29) is 23.0 Å². The van der Waals surface area contributed by atoms with Crippen molar-refractivity contribution in [3.05, 3.63) is 70.8 Å². The fraction of sp³-hybridized carbons (Fsp3) is 0.750. The van der Waals surface area contributed by atoms with Crippen LogP contribution in [0.3, 0.4) is 0 Å². The second kappa shape index (κ2) is 20.3. The highest BCUT2D eigenvalue weighted by molar-refractivity contribution is 5.25. The van der Waals surface area contributed by atoms with Crippen LogP contribution in [0.15, 0.2) is 36.4 Å². The molecule has 2 atom stereocenters. The second-order valence-corrected chi connectivity index (χ2v) is 18.2. The largest absolute Gasteiger partial charge is 0.365 e. The molecule has 2 aromatic carbocycles. The van der Waals surface area contributed by atoms with Crippen molar-refractivity contribution in [1.82, 2.24) is 0 Å². The summed E-state index contributed by atoms with van der Waals surface area (Å²) in [5, 5.41) is 0. The second-order valence-electron chi connectivity index (χ2n) is 18.2. The Balaban J connectivity index is 1.14. The van der Waals surface area contributed by atoms with Gasteiger partial charge in [0.2, 0.25) is 0 Å². The predicted molar refractivity (Wildman–Crippen MR) is 209 cm³/mol. The predicted octanol–water partition coefficient (Wildman–Crippen LogP) is 15.4. The lowest BCUT2D eigenvalue weighted by Gasteiger charge is -2.43. The van der Waals surface area contributed by atoms with E-state index in [2.05, 4.69) is 13.8 Å². The first-order chi connectivity index (χ1) is 25.9. The summed E-state index contributed by atoms with van der Waals surface area (Å²) in [6.07, 6.45) is 27.7. The van der Waals surface area contributed by atoms with Crippen LogP contribution >= 0.6 is 0 Å². The molecular weight excluding hydrogens is 669 g/mol. The molecule has 0 bridgehead atoms. The maximum absolute atomic E-state index is 15.7. The number of rotatable bonds is 16. The average molecular weight is 739 g/mol. The average Bonchev–Trinajstić information content (AvgIpc) is 3.19. The van der Waals surface area contributed by atoms with Gasteiger partial charge >= 0.3 is 0 Å². The molecule has 4 aliphatic carbocycles. The van der Waals surface area contributed by atoms with E-state index in [0.29, 0.717) is 11.8 Å². The molecule has 0 N–H and O–H groups in total. The van der Waals surface area contributed by atoms with Crippen molar-refractivity contribution in [3.63, 3.8) is 0 Å². The van der Waals surface area contributed by atoms with E-state index in [9.17, 15) is 8.78 Å². The minimum Gasteiger partial charge on any atom is -0.365 e. The highest BCUT2D eigenvalue weighted by Gasteiger charge is 2.41. The topological polar surface area (TPSA) is 9.23 Å². The zero-order chi connectivity index (χ0) is 37.2. The minimum atomic E-state index is -0.880. The lowest BCUT2D eigenvalue weighted by atomic mass is 9.67. The molecule has 2 aromatic rings. The molecule has 4 saturated carbocycles. The van der Waals surface area contributed by atoms with Gasteiger partial charge in [-0.05, 0) is 137 Å². The monoisotopic (exact) mass is 739 g/mol. The zero-order valence-electron chi connectivity index (χ0n) is 33.1. The van der Waals surface area contributed by atoms with Crippen LogP contribution in [-0.2, 0) is 4.74 Å². The highest BCUT2D eigenvalue weighted by atomic mass is 19.2. The SMILES string of the molecule is CCCCCC1CCC(C2CCC(C(OC(c3cccc(F)c3F)C3CCC(C4CCC(CCCCC)CC4)CC3)c3cccc(F)c3F)CC2)CC1. The van der Waals surface area contributed by atoms with Crippen molar-refractivity contribution in [2.24, 2.45) is 47.3 Å². The Bertz CT molecular complexity index is 1260. The molecule has 0 spiro atoms. The van der Waals surface area contributed by atoms with E-state index in [0.717, 1.165) is 87.2 Å². The maximum atomic E-state index is 15.7. The van der Waals surface area contributed by atoms with E-state index in [1.807, 2.05) is 0 Å². The molecule has 2 unspecified atom stereocenters. The molecule has 4 aliphatic rings. The Morgan fingerprint density at radius 1 is 0.472 bits per heavy atom. The number of ether oxygens (including phenoxy) is 1. The van der Waals surface area contributed by atoms with Crippen molar-refractivity contribution < 1.29 is 22.3 Å². The zero-order valence-corrected chi connectivity index (χ0v) is 33.1. The van der Waals surface area contributed by atoms with Crippen LogP contribution < -0.4 is 0 Å². The van der Waals surface area contributed by atoms with Gasteiger partial charge < -0.3 is 4.74 Å². The van der Waals surface area contributed by atoms with Crippen LogP contribution in [0.4, 0.5) is 17.6 Å². The number of halogens is 4. The molecule has 6 rings (SSSR count). The first-order valence-corrected chi connectivity index (χ1v) is 22.4. The van der Waals surface area contributed by atoms with Crippen LogP contribution in [0.25, 0.3) is 0 Å². The molecule has 0 aliphatic heterocycles. The molecule has 4 fully saturated rings. The van der Waals surface area contributed by atoms with Crippen LogP contribution in [0, 0.1) is 70.6 Å². The third kappa shape index (κ3) is 10.7. The van der Waals surface area contributed by atoms with Crippen molar-refractivity contribution in [2.75, 3.05) is 0 Å². The van der Waals surface area contributed by atoms with Crippen LogP contribution in [0.5, 0.6) is 0 Å². The van der Waals surface area contributed by atoms with Gasteiger partial charge in [-0.2, -0.15) is 0 Å². The smallest absolute Gasteiger partial charge is 0.164 e. The fourth-order valence-corrected chi connectivity index (χ4v) is 11.6. The number of hydrogen-bond acceptors (Lipinski definition) is 1. The quantitative estimate of drug-likeness (QED) is 0.123. The summed E-state index contributed by atoms with van der Waals surface area (Å²) < 4.78 is 68.2. The molecule has 0 aromatic heterocycles. The number of unbranched alkanes of at least 4 members (excludes halogenated alkanes) is 4. The molecule has 0 radical (unpaired) electrons. The summed E-state index contributed by atoms with van der Waals surface area (Å²) in [5.74, 6) is 1.10. The molecule has 296 valence electrons. The van der Waals surface area contributed by atoms with Crippen molar-refractivity contribution >= 4 is 0 Å². The lowest BCUT2D eigenvalue weighted by Crippen LogP contribution is -2.32. The highest BCUT2D eigenvalue weighted by Crippen LogP contribution is 2.51. The van der Waals surface area contributed by atoms with Crippen molar-refractivity contribution in [3.8, 4) is 0 Å². The normalized spacial score (nSPS) is 30.9. The van der Waals surface area contributed by atoms with E-state index in [4.69, 9.17) is 4.74 Å². The van der Waals surface area contributed by atoms with Crippen LogP contribution in [-0.4, -0.2) is 0 Å². The molecule has 0 saturated heterocycles. The van der Waals surface area contributed by atoms with Crippen molar-refractivity contribution in [2.45, 2.75) is 180 Å². The summed E-state index contributed by atoms with van der Waals surface area (Å²) >= 11 is 0. The first-order valence-electron chi connectivity index (χ1n) is 22.4. The molecule has 0 amide bonds. The summed E-state index contributed by atoms with van der Waals surface area (Å²) in [4.78, 5) is 0. The Kier molecular flexibility index (Phi) is 15.6. The molecule has 0 heterocycles. The van der Waals surface area contributed by atoms with Gasteiger partial charge in [0.15, 0.2) is 23.3 Å². The Labute approximate surface area is 319 Å². The van der Waals surface area contributed by atoms with Gasteiger partial charge in [-0.15, -0.1) is 0 Å². The minimum absolute atomic E-state index is 0.00379. The van der Waals surface area contributed by atoms with E-state index >= 15 is 8.78 Å². The Hall–Kier alpha value is -1.88. The number of hydrogen-bond donors (Lipinski definition) is 0. The van der Waals surface area contributed by atoms with E-state index in [1.165, 1.54) is 103 Å². The van der Waals surface area contributed by atoms with Crippen LogP contribution in [0.2, 0.25) is 0 Å². The van der Waals surface area contributed by atoms with Gasteiger partial charge in [0, 0.05) is 11.1 Å². The van der Waals surface area contributed by atoms with Crippen molar-refractivity contribution in [1.29, 1.82) is 0 Å². The maximum Gasteiger partial charge on any atom is 0.164 e. The van der Waals surface area contributed by atoms with Crippen LogP contribution in [0.1, 0.15) is 191 Å². The van der Waals surface area contributed by atoms with Gasteiger partial charge in [0.25, 0.3) is 0 Å². The summed E-state index contributed by atoms with van der Waals surface area (Å²) in [5.41, 5.74) is 0.458. The lowest BCUT2D eigenvalue weighted by molar-refractivity contribution is -0.0962. The Morgan fingerprint density at radius 3 is 1.15 bits per heavy atom. The molecule has 5 heteroatoms. The standard InChI is InChI=1S/C48H70F4O/c1-3-5-7-11-33-17-21-35(22-18-33)37-25-29-39(30-26-37)47(41-13-9-15-43(49)45(41)51)53-48(42-14-10-16-44(50)46(42)52)40-31-27-38(28-32-40)36-23-19-34(20-24-36)12-8-6-4-2/h9-10,13-16,33-40,47-48H,3-8,11-12,17-32H2,1-2H3. The fourth-order valence-electron chi connectivity index (χ4n) is 11.6. The third-order valence-electron chi connectivity index (χ3n) is 14.9. The van der Waals surface area contributed by atoms with Gasteiger partial charge in [-0.1, -0.05) is 115 Å². The van der Waals surface area contributed by atoms with Gasteiger partial charge in [-0.25, -0.2) is 17.6 Å². The molecular formula is C48H70F4O. The van der Waals surface area contributed by atoms with E-state index in [1.54, 1.807) is 24.3 Å².